The van der Waals surface area contributed by atoms with Gasteiger partial charge in [-0.2, -0.15) is 0 Å². The Hall–Kier alpha value is -1.82. The zero-order chi connectivity index (χ0) is 20.4. The van der Waals surface area contributed by atoms with E-state index in [-0.39, 0.29) is 28.8 Å². The van der Waals surface area contributed by atoms with E-state index in [9.17, 15) is 9.59 Å². The Morgan fingerprint density at radius 3 is 2.46 bits per heavy atom. The molecule has 1 fully saturated rings. The lowest BCUT2D eigenvalue weighted by Gasteiger charge is -2.40. The Bertz CT molecular complexity index is 898. The number of hydrogen-bond donors (Lipinski definition) is 0. The van der Waals surface area contributed by atoms with Gasteiger partial charge in [-0.15, -0.1) is 0 Å². The lowest BCUT2D eigenvalue weighted by atomic mass is 9.97. The minimum Gasteiger partial charge on any atom is -0.336 e. The largest absolute Gasteiger partial charge is 0.336 e. The fraction of sp³-hybridized carbons (Fsp3) is 0.591. The highest BCUT2D eigenvalue weighted by atomic mass is 32.2. The quantitative estimate of drug-likeness (QED) is 0.553. The molecule has 3 rings (SSSR count). The topological polar surface area (TPSA) is 55.2 Å². The van der Waals surface area contributed by atoms with Gasteiger partial charge in [0.2, 0.25) is 5.91 Å². The summed E-state index contributed by atoms with van der Waals surface area (Å²) in [6.45, 7) is 11.0. The molecule has 0 spiro atoms. The first-order valence-electron chi connectivity index (χ1n) is 10.3. The van der Waals surface area contributed by atoms with Crippen LogP contribution >= 0.6 is 11.8 Å². The molecule has 1 aliphatic heterocycles. The van der Waals surface area contributed by atoms with Crippen molar-refractivity contribution in [1.82, 2.24) is 14.5 Å². The summed E-state index contributed by atoms with van der Waals surface area (Å²) in [6, 6.07) is 7.97. The fourth-order valence-electron chi connectivity index (χ4n) is 4.04. The molecule has 5 nitrogen and oxygen atoms in total. The van der Waals surface area contributed by atoms with Gasteiger partial charge in [-0.25, -0.2) is 4.98 Å². The number of fused-ring (bicyclic) bond motifs is 1. The van der Waals surface area contributed by atoms with Gasteiger partial charge in [0.05, 0.1) is 16.2 Å². The van der Waals surface area contributed by atoms with Crippen LogP contribution in [0.2, 0.25) is 0 Å². The highest BCUT2D eigenvalue weighted by molar-refractivity contribution is 8.00. The second kappa shape index (κ2) is 8.68. The van der Waals surface area contributed by atoms with Crippen molar-refractivity contribution >= 4 is 28.6 Å². The van der Waals surface area contributed by atoms with Gasteiger partial charge in [-0.3, -0.25) is 14.2 Å². The molecule has 0 radical (unpaired) electrons. The summed E-state index contributed by atoms with van der Waals surface area (Å²) in [5.41, 5.74) is 0.663. The molecule has 6 heteroatoms. The molecule has 0 saturated carbocycles. The molecular formula is C22H31N3O2S. The number of likely N-dealkylation sites (tertiary alicyclic amines) is 1. The van der Waals surface area contributed by atoms with E-state index < -0.39 is 0 Å². The van der Waals surface area contributed by atoms with E-state index in [0.717, 1.165) is 12.8 Å². The average molecular weight is 402 g/mol. The molecule has 2 aromatic rings. The molecule has 152 valence electrons. The van der Waals surface area contributed by atoms with Crippen LogP contribution in [-0.4, -0.2) is 37.7 Å². The number of thioether (sulfide) groups is 1. The number of benzene rings is 1. The highest BCUT2D eigenvalue weighted by Gasteiger charge is 2.32. The number of carbonyl (C=O) groups is 1. The fourth-order valence-corrected chi connectivity index (χ4v) is 5.01. The van der Waals surface area contributed by atoms with E-state index in [2.05, 4.69) is 27.7 Å². The SMILES string of the molecule is CC(C)Cn1c(S[C@H](C)C(=O)N2[C@H](C)CCC[C@@H]2C)nc2ccccc2c1=O. The summed E-state index contributed by atoms with van der Waals surface area (Å²) >= 11 is 1.41. The molecule has 1 aliphatic rings. The average Bonchev–Trinajstić information content (AvgIpc) is 2.64. The maximum absolute atomic E-state index is 13.2. The van der Waals surface area contributed by atoms with Crippen molar-refractivity contribution in [1.29, 1.82) is 0 Å². The van der Waals surface area contributed by atoms with Crippen molar-refractivity contribution in [3.05, 3.63) is 34.6 Å². The maximum Gasteiger partial charge on any atom is 0.262 e. The van der Waals surface area contributed by atoms with E-state index in [1.807, 2.05) is 36.1 Å². The van der Waals surface area contributed by atoms with Gasteiger partial charge in [0.15, 0.2) is 5.16 Å². The van der Waals surface area contributed by atoms with Crippen molar-refractivity contribution in [3.63, 3.8) is 0 Å². The number of aromatic nitrogens is 2. The van der Waals surface area contributed by atoms with Crippen molar-refractivity contribution in [2.75, 3.05) is 0 Å². The van der Waals surface area contributed by atoms with E-state index >= 15 is 0 Å². The van der Waals surface area contributed by atoms with Gasteiger partial charge in [0.25, 0.3) is 5.56 Å². The highest BCUT2D eigenvalue weighted by Crippen LogP contribution is 2.29. The van der Waals surface area contributed by atoms with Gasteiger partial charge in [-0.05, 0) is 58.1 Å². The first kappa shape index (κ1) is 20.9. The summed E-state index contributed by atoms with van der Waals surface area (Å²) in [7, 11) is 0. The maximum atomic E-state index is 13.2. The molecule has 0 bridgehead atoms. The van der Waals surface area contributed by atoms with E-state index in [1.165, 1.54) is 18.2 Å². The van der Waals surface area contributed by atoms with Crippen molar-refractivity contribution < 1.29 is 4.79 Å². The molecule has 0 N–H and O–H groups in total. The van der Waals surface area contributed by atoms with Crippen LogP contribution in [-0.2, 0) is 11.3 Å². The van der Waals surface area contributed by atoms with Crippen molar-refractivity contribution in [2.45, 2.75) is 82.9 Å². The number of piperidine rings is 1. The van der Waals surface area contributed by atoms with Crippen LogP contribution in [0.3, 0.4) is 0 Å². The smallest absolute Gasteiger partial charge is 0.262 e. The van der Waals surface area contributed by atoms with Crippen LogP contribution in [0, 0.1) is 5.92 Å². The molecule has 2 heterocycles. The molecule has 1 aromatic carbocycles. The number of nitrogens with zero attached hydrogens (tertiary/aromatic N) is 3. The van der Waals surface area contributed by atoms with E-state index in [0.29, 0.717) is 28.5 Å². The van der Waals surface area contributed by atoms with Gasteiger partial charge in [-0.1, -0.05) is 37.7 Å². The van der Waals surface area contributed by atoms with Crippen LogP contribution in [0.15, 0.2) is 34.2 Å². The van der Waals surface area contributed by atoms with Gasteiger partial charge >= 0.3 is 0 Å². The lowest BCUT2D eigenvalue weighted by Crippen LogP contribution is -2.50. The summed E-state index contributed by atoms with van der Waals surface area (Å²) in [5, 5.41) is 0.981. The first-order valence-corrected chi connectivity index (χ1v) is 11.2. The number of rotatable bonds is 5. The van der Waals surface area contributed by atoms with Crippen LogP contribution in [0.1, 0.15) is 53.9 Å². The number of para-hydroxylation sites is 1. The zero-order valence-electron chi connectivity index (χ0n) is 17.5. The molecule has 28 heavy (non-hydrogen) atoms. The van der Waals surface area contributed by atoms with Crippen molar-refractivity contribution in [2.24, 2.45) is 5.92 Å². The third-order valence-corrected chi connectivity index (χ3v) is 6.53. The Kier molecular flexibility index (Phi) is 6.48. The van der Waals surface area contributed by atoms with E-state index in [1.54, 1.807) is 4.57 Å². The number of carbonyl (C=O) groups excluding carboxylic acids is 1. The molecule has 1 amide bonds. The minimum atomic E-state index is -0.283. The number of hydrogen-bond acceptors (Lipinski definition) is 4. The Morgan fingerprint density at radius 1 is 1.18 bits per heavy atom. The molecule has 1 aromatic heterocycles. The van der Waals surface area contributed by atoms with Crippen LogP contribution in [0.4, 0.5) is 0 Å². The Balaban J connectivity index is 1.94. The summed E-state index contributed by atoms with van der Waals surface area (Å²) in [5.74, 6) is 0.455. The van der Waals surface area contributed by atoms with Crippen LogP contribution < -0.4 is 5.56 Å². The summed E-state index contributed by atoms with van der Waals surface area (Å²) in [6.07, 6.45) is 3.29. The third-order valence-electron chi connectivity index (χ3n) is 5.45. The van der Waals surface area contributed by atoms with Gasteiger partial charge in [0.1, 0.15) is 0 Å². The predicted molar refractivity (Wildman–Crippen MR) is 116 cm³/mol. The monoisotopic (exact) mass is 401 g/mol. The Morgan fingerprint density at radius 2 is 1.82 bits per heavy atom. The third kappa shape index (κ3) is 4.27. The molecule has 0 unspecified atom stereocenters. The van der Waals surface area contributed by atoms with Crippen LogP contribution in [0.5, 0.6) is 0 Å². The molecule has 1 saturated heterocycles. The zero-order valence-corrected chi connectivity index (χ0v) is 18.3. The standard InChI is InChI=1S/C22H31N3O2S/c1-14(2)13-24-21(27)18-11-6-7-12-19(18)23-22(24)28-17(5)20(26)25-15(3)9-8-10-16(25)4/h6-7,11-12,14-17H,8-10,13H2,1-5H3/t15-,16+,17-/m1/s1. The molecule has 0 aliphatic carbocycles. The number of amides is 1. The van der Waals surface area contributed by atoms with Gasteiger partial charge in [0, 0.05) is 18.6 Å². The van der Waals surface area contributed by atoms with E-state index in [4.69, 9.17) is 4.98 Å². The second-order valence-corrected chi connectivity index (χ2v) is 9.66. The lowest BCUT2D eigenvalue weighted by molar-refractivity contribution is -0.136. The van der Waals surface area contributed by atoms with Crippen LogP contribution in [0.25, 0.3) is 10.9 Å². The minimum absolute atomic E-state index is 0.0267. The van der Waals surface area contributed by atoms with Gasteiger partial charge < -0.3 is 4.90 Å². The second-order valence-electron chi connectivity index (χ2n) is 8.36. The predicted octanol–water partition coefficient (Wildman–Crippen LogP) is 4.32. The first-order chi connectivity index (χ1) is 13.3. The summed E-state index contributed by atoms with van der Waals surface area (Å²) in [4.78, 5) is 33.0. The van der Waals surface area contributed by atoms with Crippen molar-refractivity contribution in [3.8, 4) is 0 Å². The Labute approximate surface area is 171 Å². The normalized spacial score (nSPS) is 21.3. The molecule has 3 atom stereocenters. The summed E-state index contributed by atoms with van der Waals surface area (Å²) < 4.78 is 1.74. The molecular weight excluding hydrogens is 370 g/mol.